The van der Waals surface area contributed by atoms with Crippen molar-refractivity contribution in [1.29, 1.82) is 0 Å². The first-order valence-corrected chi connectivity index (χ1v) is 10.7. The summed E-state index contributed by atoms with van der Waals surface area (Å²) < 4.78 is 0. The standard InChI is InChI=1S/C23H28N2O2S/c1-23(2,3)18-9-11-20(12-10-18)28-16-21(26)24-19-8-6-7-17(15-19)22(27)25-13-4-5-14-25/h6-12,15H,4-5,13-14,16H2,1-3H3,(H,24,26). The molecule has 2 aromatic rings. The van der Waals surface area contributed by atoms with E-state index in [1.54, 1.807) is 6.07 Å². The van der Waals surface area contributed by atoms with Crippen LogP contribution in [0.3, 0.4) is 0 Å². The molecule has 0 saturated carbocycles. The van der Waals surface area contributed by atoms with E-state index in [-0.39, 0.29) is 17.2 Å². The van der Waals surface area contributed by atoms with Crippen LogP contribution in [-0.4, -0.2) is 35.6 Å². The fraction of sp³-hybridized carbons (Fsp3) is 0.391. The number of likely N-dealkylation sites (tertiary alicyclic amines) is 1. The predicted molar refractivity (Wildman–Crippen MR) is 116 cm³/mol. The number of benzene rings is 2. The van der Waals surface area contributed by atoms with E-state index in [0.717, 1.165) is 30.8 Å². The molecule has 1 saturated heterocycles. The van der Waals surface area contributed by atoms with Crippen molar-refractivity contribution in [3.63, 3.8) is 0 Å². The summed E-state index contributed by atoms with van der Waals surface area (Å²) in [6.45, 7) is 8.20. The van der Waals surface area contributed by atoms with Gasteiger partial charge in [0.15, 0.2) is 0 Å². The van der Waals surface area contributed by atoms with Crippen LogP contribution in [0.1, 0.15) is 49.5 Å². The van der Waals surface area contributed by atoms with Crippen LogP contribution in [0.5, 0.6) is 0 Å². The zero-order chi connectivity index (χ0) is 20.1. The molecule has 1 aliphatic heterocycles. The summed E-state index contributed by atoms with van der Waals surface area (Å²) >= 11 is 1.51. The normalized spacial score (nSPS) is 14.2. The van der Waals surface area contributed by atoms with E-state index in [2.05, 4.69) is 50.4 Å². The number of thioether (sulfide) groups is 1. The van der Waals surface area contributed by atoms with Crippen LogP contribution < -0.4 is 5.32 Å². The van der Waals surface area contributed by atoms with Gasteiger partial charge in [0.2, 0.25) is 5.91 Å². The molecule has 4 nitrogen and oxygen atoms in total. The van der Waals surface area contributed by atoms with Crippen molar-refractivity contribution >= 4 is 29.3 Å². The van der Waals surface area contributed by atoms with Gasteiger partial charge in [-0.1, -0.05) is 39.0 Å². The Hall–Kier alpha value is -2.27. The lowest BCUT2D eigenvalue weighted by atomic mass is 9.87. The van der Waals surface area contributed by atoms with Gasteiger partial charge in [-0.3, -0.25) is 9.59 Å². The SMILES string of the molecule is CC(C)(C)c1ccc(SCC(=O)Nc2cccc(C(=O)N3CCCC3)c2)cc1. The quantitative estimate of drug-likeness (QED) is 0.728. The molecule has 1 heterocycles. The summed E-state index contributed by atoms with van der Waals surface area (Å²) in [5.74, 6) is 0.302. The number of hydrogen-bond acceptors (Lipinski definition) is 3. The molecule has 0 spiro atoms. The summed E-state index contributed by atoms with van der Waals surface area (Å²) in [4.78, 5) is 27.8. The molecule has 3 rings (SSSR count). The number of carbonyl (C=O) groups is 2. The maximum absolute atomic E-state index is 12.5. The van der Waals surface area contributed by atoms with Crippen LogP contribution in [0.15, 0.2) is 53.4 Å². The Morgan fingerprint density at radius 3 is 2.36 bits per heavy atom. The fourth-order valence-electron chi connectivity index (χ4n) is 3.23. The van der Waals surface area contributed by atoms with Gasteiger partial charge in [-0.25, -0.2) is 0 Å². The lowest BCUT2D eigenvalue weighted by Gasteiger charge is -2.19. The fourth-order valence-corrected chi connectivity index (χ4v) is 3.93. The number of nitrogens with zero attached hydrogens (tertiary/aromatic N) is 1. The smallest absolute Gasteiger partial charge is 0.253 e. The minimum Gasteiger partial charge on any atom is -0.339 e. The van der Waals surface area contributed by atoms with Crippen LogP contribution >= 0.6 is 11.8 Å². The largest absolute Gasteiger partial charge is 0.339 e. The number of nitrogens with one attached hydrogen (secondary N) is 1. The Labute approximate surface area is 171 Å². The van der Waals surface area contributed by atoms with Gasteiger partial charge in [0.25, 0.3) is 5.91 Å². The summed E-state index contributed by atoms with van der Waals surface area (Å²) in [7, 11) is 0. The van der Waals surface area contributed by atoms with Crippen LogP contribution in [-0.2, 0) is 10.2 Å². The molecule has 0 unspecified atom stereocenters. The highest BCUT2D eigenvalue weighted by molar-refractivity contribution is 8.00. The number of rotatable bonds is 5. The number of hydrogen-bond donors (Lipinski definition) is 1. The van der Waals surface area contributed by atoms with E-state index in [4.69, 9.17) is 0 Å². The third-order valence-corrected chi connectivity index (χ3v) is 5.89. The van der Waals surface area contributed by atoms with Crippen molar-refractivity contribution in [2.75, 3.05) is 24.2 Å². The summed E-state index contributed by atoms with van der Waals surface area (Å²) in [5.41, 5.74) is 2.70. The molecule has 5 heteroatoms. The van der Waals surface area contributed by atoms with Gasteiger partial charge in [-0.15, -0.1) is 11.8 Å². The molecular formula is C23H28N2O2S. The van der Waals surface area contributed by atoms with E-state index >= 15 is 0 Å². The molecular weight excluding hydrogens is 368 g/mol. The second-order valence-electron chi connectivity index (χ2n) is 8.19. The first kappa shape index (κ1) is 20.5. The molecule has 2 aromatic carbocycles. The van der Waals surface area contributed by atoms with Crippen LogP contribution in [0.2, 0.25) is 0 Å². The van der Waals surface area contributed by atoms with Crippen molar-refractivity contribution in [3.05, 3.63) is 59.7 Å². The third kappa shape index (κ3) is 5.38. The van der Waals surface area contributed by atoms with Gasteiger partial charge in [-0.2, -0.15) is 0 Å². The Kier molecular flexibility index (Phi) is 6.45. The summed E-state index contributed by atoms with van der Waals surface area (Å²) in [6.07, 6.45) is 2.13. The van der Waals surface area contributed by atoms with E-state index in [9.17, 15) is 9.59 Å². The Bertz CT molecular complexity index is 834. The topological polar surface area (TPSA) is 49.4 Å². The van der Waals surface area contributed by atoms with E-state index < -0.39 is 0 Å². The van der Waals surface area contributed by atoms with E-state index in [0.29, 0.717) is 17.0 Å². The second kappa shape index (κ2) is 8.82. The highest BCUT2D eigenvalue weighted by Crippen LogP contribution is 2.26. The summed E-state index contributed by atoms with van der Waals surface area (Å²) in [5, 5.41) is 2.90. The highest BCUT2D eigenvalue weighted by Gasteiger charge is 2.19. The molecule has 1 fully saturated rings. The first-order chi connectivity index (χ1) is 13.3. The van der Waals surface area contributed by atoms with Gasteiger partial charge in [-0.05, 0) is 54.2 Å². The molecule has 0 aliphatic carbocycles. The molecule has 0 radical (unpaired) electrons. The van der Waals surface area contributed by atoms with Crippen molar-refractivity contribution in [3.8, 4) is 0 Å². The molecule has 2 amide bonds. The maximum atomic E-state index is 12.5. The van der Waals surface area contributed by atoms with E-state index in [1.807, 2.05) is 23.1 Å². The predicted octanol–water partition coefficient (Wildman–Crippen LogP) is 4.95. The maximum Gasteiger partial charge on any atom is 0.253 e. The van der Waals surface area contributed by atoms with Crippen LogP contribution in [0.25, 0.3) is 0 Å². The van der Waals surface area contributed by atoms with Crippen molar-refractivity contribution in [2.24, 2.45) is 0 Å². The second-order valence-corrected chi connectivity index (χ2v) is 9.24. The first-order valence-electron chi connectivity index (χ1n) is 9.75. The van der Waals surface area contributed by atoms with Gasteiger partial charge in [0.05, 0.1) is 5.75 Å². The average molecular weight is 397 g/mol. The molecule has 28 heavy (non-hydrogen) atoms. The van der Waals surface area contributed by atoms with Crippen LogP contribution in [0.4, 0.5) is 5.69 Å². The average Bonchev–Trinajstić information content (AvgIpc) is 3.20. The molecule has 0 atom stereocenters. The zero-order valence-corrected chi connectivity index (χ0v) is 17.6. The minimum atomic E-state index is -0.0735. The molecule has 0 bridgehead atoms. The Morgan fingerprint density at radius 1 is 1.04 bits per heavy atom. The van der Waals surface area contributed by atoms with Gasteiger partial charge >= 0.3 is 0 Å². The lowest BCUT2D eigenvalue weighted by Crippen LogP contribution is -2.27. The zero-order valence-electron chi connectivity index (χ0n) is 16.8. The monoisotopic (exact) mass is 396 g/mol. The Balaban J connectivity index is 1.55. The molecule has 1 N–H and O–H groups in total. The van der Waals surface area contributed by atoms with Gasteiger partial charge < -0.3 is 10.2 Å². The lowest BCUT2D eigenvalue weighted by molar-refractivity contribution is -0.113. The third-order valence-electron chi connectivity index (χ3n) is 4.88. The van der Waals surface area contributed by atoms with Gasteiger partial charge in [0.1, 0.15) is 0 Å². The van der Waals surface area contributed by atoms with Crippen molar-refractivity contribution < 1.29 is 9.59 Å². The molecule has 0 aromatic heterocycles. The van der Waals surface area contributed by atoms with E-state index in [1.165, 1.54) is 17.3 Å². The van der Waals surface area contributed by atoms with Crippen molar-refractivity contribution in [1.82, 2.24) is 4.90 Å². The minimum absolute atomic E-state index is 0.0434. The number of amides is 2. The van der Waals surface area contributed by atoms with Gasteiger partial charge in [0, 0.05) is 29.2 Å². The summed E-state index contributed by atoms with van der Waals surface area (Å²) in [6, 6.07) is 15.6. The number of anilines is 1. The molecule has 148 valence electrons. The molecule has 1 aliphatic rings. The van der Waals surface area contributed by atoms with Crippen LogP contribution in [0, 0.1) is 0 Å². The number of carbonyl (C=O) groups excluding carboxylic acids is 2. The Morgan fingerprint density at radius 2 is 1.71 bits per heavy atom. The van der Waals surface area contributed by atoms with Crippen molar-refractivity contribution in [2.45, 2.75) is 43.9 Å². The highest BCUT2D eigenvalue weighted by atomic mass is 32.2.